The summed E-state index contributed by atoms with van der Waals surface area (Å²) in [7, 11) is 0. The van der Waals surface area contributed by atoms with Gasteiger partial charge in [-0.05, 0) is 0 Å². The van der Waals surface area contributed by atoms with Crippen molar-refractivity contribution in [3.05, 3.63) is 29.4 Å². The van der Waals surface area contributed by atoms with Gasteiger partial charge in [0.05, 0.1) is 18.6 Å². The Morgan fingerprint density at radius 3 is 2.80 bits per heavy atom. The Kier molecular flexibility index (Phi) is 2.84. The van der Waals surface area contributed by atoms with Crippen LogP contribution in [0.2, 0.25) is 5.15 Å². The predicted octanol–water partition coefficient (Wildman–Crippen LogP) is 1.23. The number of aromatic nitrogens is 4. The number of nitrogens with one attached hydrogen (secondary N) is 1. The summed E-state index contributed by atoms with van der Waals surface area (Å²) in [6, 6.07) is 0. The van der Waals surface area contributed by atoms with E-state index in [0.29, 0.717) is 5.00 Å². The number of amides is 1. The minimum Gasteiger partial charge on any atom is -0.310 e. The second-order valence-electron chi connectivity index (χ2n) is 2.46. The number of rotatable bonds is 2. The lowest BCUT2D eigenvalue weighted by Gasteiger charge is -1.99. The van der Waals surface area contributed by atoms with Crippen molar-refractivity contribution in [2.45, 2.75) is 0 Å². The molecule has 2 aromatic rings. The number of hydrogen-bond acceptors (Lipinski definition) is 6. The molecule has 0 unspecified atom stereocenters. The second kappa shape index (κ2) is 4.28. The van der Waals surface area contributed by atoms with Gasteiger partial charge >= 0.3 is 0 Å². The molecule has 6 nitrogen and oxygen atoms in total. The summed E-state index contributed by atoms with van der Waals surface area (Å²) in [6.45, 7) is 0. The highest BCUT2D eigenvalue weighted by Gasteiger charge is 2.08. The SMILES string of the molecule is O=C(Nc1cnns1)c1cnc(Cl)cn1. The monoisotopic (exact) mass is 241 g/mol. The molecule has 15 heavy (non-hydrogen) atoms. The van der Waals surface area contributed by atoms with Gasteiger partial charge in [-0.25, -0.2) is 9.97 Å². The van der Waals surface area contributed by atoms with Crippen molar-refractivity contribution in [1.82, 2.24) is 19.6 Å². The van der Waals surface area contributed by atoms with Crippen LogP contribution in [0.1, 0.15) is 10.5 Å². The molecule has 8 heteroatoms. The van der Waals surface area contributed by atoms with Crippen LogP contribution < -0.4 is 5.32 Å². The van der Waals surface area contributed by atoms with E-state index < -0.39 is 0 Å². The van der Waals surface area contributed by atoms with Gasteiger partial charge in [0.1, 0.15) is 15.8 Å². The first-order valence-corrected chi connectivity index (χ1v) is 4.97. The molecule has 0 aliphatic carbocycles. The Morgan fingerprint density at radius 2 is 2.20 bits per heavy atom. The van der Waals surface area contributed by atoms with Crippen LogP contribution in [-0.4, -0.2) is 25.5 Å². The summed E-state index contributed by atoms with van der Waals surface area (Å²) in [5.74, 6) is -0.370. The van der Waals surface area contributed by atoms with Crippen LogP contribution in [0.3, 0.4) is 0 Å². The molecule has 76 valence electrons. The zero-order valence-electron chi connectivity index (χ0n) is 7.22. The normalized spacial score (nSPS) is 9.93. The van der Waals surface area contributed by atoms with Gasteiger partial charge in [-0.2, -0.15) is 0 Å². The molecule has 1 amide bonds. The smallest absolute Gasteiger partial charge is 0.276 e. The summed E-state index contributed by atoms with van der Waals surface area (Å²) >= 11 is 6.62. The molecule has 2 rings (SSSR count). The maximum absolute atomic E-state index is 11.5. The summed E-state index contributed by atoms with van der Waals surface area (Å²) in [4.78, 5) is 19.1. The molecule has 0 saturated carbocycles. The van der Waals surface area contributed by atoms with E-state index in [-0.39, 0.29) is 16.8 Å². The van der Waals surface area contributed by atoms with Gasteiger partial charge in [-0.15, -0.1) is 5.10 Å². The second-order valence-corrected chi connectivity index (χ2v) is 3.63. The molecular formula is C7H4ClN5OS. The van der Waals surface area contributed by atoms with Gasteiger partial charge < -0.3 is 5.32 Å². The molecule has 0 aliphatic heterocycles. The summed E-state index contributed by atoms with van der Waals surface area (Å²) in [5.41, 5.74) is 0.188. The Morgan fingerprint density at radius 1 is 1.33 bits per heavy atom. The number of carbonyl (C=O) groups is 1. The lowest BCUT2D eigenvalue weighted by Crippen LogP contribution is -2.12. The van der Waals surface area contributed by atoms with Crippen molar-refractivity contribution < 1.29 is 4.79 Å². The molecule has 1 N–H and O–H groups in total. The molecule has 2 heterocycles. The third kappa shape index (κ3) is 2.45. The lowest BCUT2D eigenvalue weighted by molar-refractivity contribution is 0.102. The van der Waals surface area contributed by atoms with Gasteiger partial charge in [0, 0.05) is 11.5 Å². The summed E-state index contributed by atoms with van der Waals surface area (Å²) in [5, 5.41) is 6.94. The minimum atomic E-state index is -0.370. The first kappa shape index (κ1) is 9.94. The van der Waals surface area contributed by atoms with E-state index in [9.17, 15) is 4.79 Å². The van der Waals surface area contributed by atoms with Crippen molar-refractivity contribution >= 4 is 34.0 Å². The number of hydrogen-bond donors (Lipinski definition) is 1. The predicted molar refractivity (Wildman–Crippen MR) is 54.9 cm³/mol. The van der Waals surface area contributed by atoms with Crippen molar-refractivity contribution in [3.63, 3.8) is 0 Å². The zero-order valence-corrected chi connectivity index (χ0v) is 8.79. The van der Waals surface area contributed by atoms with Crippen molar-refractivity contribution in [2.24, 2.45) is 0 Å². The fourth-order valence-corrected chi connectivity index (χ4v) is 1.34. The van der Waals surface area contributed by atoms with E-state index in [2.05, 4.69) is 24.9 Å². The molecular weight excluding hydrogens is 238 g/mol. The summed E-state index contributed by atoms with van der Waals surface area (Å²) in [6.07, 6.45) is 4.05. The molecule has 0 atom stereocenters. The number of carbonyl (C=O) groups excluding carboxylic acids is 1. The van der Waals surface area contributed by atoms with Crippen LogP contribution in [0.4, 0.5) is 5.00 Å². The summed E-state index contributed by atoms with van der Waals surface area (Å²) < 4.78 is 3.60. The van der Waals surface area contributed by atoms with Gasteiger partial charge in [0.15, 0.2) is 0 Å². The number of nitrogens with zero attached hydrogens (tertiary/aromatic N) is 4. The largest absolute Gasteiger partial charge is 0.310 e. The fraction of sp³-hybridized carbons (Fsp3) is 0. The maximum atomic E-state index is 11.5. The average Bonchev–Trinajstić information content (AvgIpc) is 2.71. The standard InChI is InChI=1S/C7H4ClN5OS/c8-5-2-9-4(1-10-5)7(14)12-6-3-11-13-15-6/h1-3H,(H,12,14). The molecule has 0 aliphatic rings. The van der Waals surface area contributed by atoms with E-state index in [0.717, 1.165) is 11.5 Å². The van der Waals surface area contributed by atoms with Crippen LogP contribution in [0.15, 0.2) is 18.6 Å². The quantitative estimate of drug-likeness (QED) is 0.855. The van der Waals surface area contributed by atoms with Gasteiger partial charge in [-0.3, -0.25) is 4.79 Å². The highest BCUT2D eigenvalue weighted by molar-refractivity contribution is 7.10. The van der Waals surface area contributed by atoms with Crippen LogP contribution in [0.25, 0.3) is 0 Å². The zero-order chi connectivity index (χ0) is 10.7. The third-order valence-corrected chi connectivity index (χ3v) is 2.23. The van der Waals surface area contributed by atoms with E-state index in [1.807, 2.05) is 0 Å². The average molecular weight is 242 g/mol. The fourth-order valence-electron chi connectivity index (χ4n) is 0.828. The maximum Gasteiger partial charge on any atom is 0.276 e. The van der Waals surface area contributed by atoms with Crippen molar-refractivity contribution in [2.75, 3.05) is 5.32 Å². The third-order valence-electron chi connectivity index (χ3n) is 1.45. The number of anilines is 1. The molecule has 0 bridgehead atoms. The van der Waals surface area contributed by atoms with Gasteiger partial charge in [0.2, 0.25) is 0 Å². The molecule has 0 fully saturated rings. The van der Waals surface area contributed by atoms with E-state index >= 15 is 0 Å². The van der Waals surface area contributed by atoms with Gasteiger partial charge in [0.25, 0.3) is 5.91 Å². The van der Waals surface area contributed by atoms with Crippen LogP contribution in [0.5, 0.6) is 0 Å². The molecule has 0 radical (unpaired) electrons. The van der Waals surface area contributed by atoms with E-state index in [4.69, 9.17) is 11.6 Å². The Balaban J connectivity index is 2.11. The van der Waals surface area contributed by atoms with Crippen molar-refractivity contribution in [3.8, 4) is 0 Å². The minimum absolute atomic E-state index is 0.188. The van der Waals surface area contributed by atoms with E-state index in [1.54, 1.807) is 0 Å². The van der Waals surface area contributed by atoms with Crippen LogP contribution in [-0.2, 0) is 0 Å². The molecule has 0 spiro atoms. The van der Waals surface area contributed by atoms with Crippen LogP contribution in [0, 0.1) is 0 Å². The first-order chi connectivity index (χ1) is 7.25. The lowest BCUT2D eigenvalue weighted by atomic mass is 10.4. The van der Waals surface area contributed by atoms with Crippen molar-refractivity contribution in [1.29, 1.82) is 0 Å². The molecule has 0 aromatic carbocycles. The highest BCUT2D eigenvalue weighted by Crippen LogP contribution is 2.10. The Hall–Kier alpha value is -1.60. The molecule has 2 aromatic heterocycles. The topological polar surface area (TPSA) is 80.7 Å². The number of halogens is 1. The highest BCUT2D eigenvalue weighted by atomic mass is 35.5. The Bertz CT molecular complexity index is 457. The van der Waals surface area contributed by atoms with Crippen LogP contribution >= 0.6 is 23.1 Å². The van der Waals surface area contributed by atoms with Gasteiger partial charge in [-0.1, -0.05) is 16.1 Å². The molecule has 0 saturated heterocycles. The first-order valence-electron chi connectivity index (χ1n) is 3.82. The Labute approximate surface area is 93.5 Å². The van der Waals surface area contributed by atoms with E-state index in [1.165, 1.54) is 18.6 Å².